The second-order valence-electron chi connectivity index (χ2n) is 3.50. The molecule has 1 rings (SSSR count). The zero-order valence-electron chi connectivity index (χ0n) is 6.97. The van der Waals surface area contributed by atoms with Gasteiger partial charge in [0.25, 0.3) is 0 Å². The summed E-state index contributed by atoms with van der Waals surface area (Å²) < 4.78 is 0. The Morgan fingerprint density at radius 1 is 1.30 bits per heavy atom. The molecule has 0 aromatic rings. The van der Waals surface area contributed by atoms with Crippen molar-refractivity contribution in [1.82, 2.24) is 0 Å². The van der Waals surface area contributed by atoms with E-state index in [2.05, 4.69) is 6.92 Å². The molecule has 0 heterocycles. The van der Waals surface area contributed by atoms with Gasteiger partial charge in [0.2, 0.25) is 0 Å². The third-order valence-electron chi connectivity index (χ3n) is 2.63. The third-order valence-corrected chi connectivity index (χ3v) is 2.63. The van der Waals surface area contributed by atoms with Crippen LogP contribution < -0.4 is 5.73 Å². The Labute approximate surface area is 64.0 Å². The SMILES string of the molecule is CCC[C@H]1CCCC[C@H]1N. The third kappa shape index (κ3) is 1.98. The fourth-order valence-electron chi connectivity index (χ4n) is 1.97. The van der Waals surface area contributed by atoms with Crippen molar-refractivity contribution in [3.05, 3.63) is 0 Å². The second kappa shape index (κ2) is 3.97. The van der Waals surface area contributed by atoms with Gasteiger partial charge in [-0.25, -0.2) is 0 Å². The molecule has 1 saturated carbocycles. The Hall–Kier alpha value is -0.0400. The van der Waals surface area contributed by atoms with Crippen LogP contribution in [0.25, 0.3) is 0 Å². The van der Waals surface area contributed by atoms with Crippen LogP contribution in [0.3, 0.4) is 0 Å². The minimum atomic E-state index is 0.522. The summed E-state index contributed by atoms with van der Waals surface area (Å²) in [7, 11) is 0. The molecule has 2 atom stereocenters. The number of hydrogen-bond donors (Lipinski definition) is 1. The Kier molecular flexibility index (Phi) is 3.20. The summed E-state index contributed by atoms with van der Waals surface area (Å²) in [5.74, 6) is 0.846. The summed E-state index contributed by atoms with van der Waals surface area (Å²) in [6, 6.07) is 0.522. The first-order valence-electron chi connectivity index (χ1n) is 4.60. The maximum absolute atomic E-state index is 5.97. The highest BCUT2D eigenvalue weighted by Gasteiger charge is 2.19. The monoisotopic (exact) mass is 141 g/mol. The fourth-order valence-corrected chi connectivity index (χ4v) is 1.97. The van der Waals surface area contributed by atoms with Gasteiger partial charge in [0.05, 0.1) is 0 Å². The zero-order valence-corrected chi connectivity index (χ0v) is 6.97. The van der Waals surface area contributed by atoms with E-state index in [1.807, 2.05) is 0 Å². The molecule has 0 amide bonds. The lowest BCUT2D eigenvalue weighted by molar-refractivity contribution is 0.290. The van der Waals surface area contributed by atoms with Crippen molar-refractivity contribution < 1.29 is 0 Å². The highest BCUT2D eigenvalue weighted by Crippen LogP contribution is 2.26. The molecule has 1 fully saturated rings. The first-order valence-corrected chi connectivity index (χ1v) is 4.60. The Balaban J connectivity index is 2.25. The molecular formula is C9H19N. The standard InChI is InChI=1S/C9H19N/c1-2-5-8-6-3-4-7-9(8)10/h8-9H,2-7,10H2,1H3/t8-,9+/m0/s1. The normalized spacial score (nSPS) is 34.2. The second-order valence-corrected chi connectivity index (χ2v) is 3.50. The van der Waals surface area contributed by atoms with Gasteiger partial charge in [-0.3, -0.25) is 0 Å². The van der Waals surface area contributed by atoms with E-state index in [9.17, 15) is 0 Å². The highest BCUT2D eigenvalue weighted by atomic mass is 14.7. The van der Waals surface area contributed by atoms with Crippen LogP contribution in [0.5, 0.6) is 0 Å². The predicted molar refractivity (Wildman–Crippen MR) is 44.8 cm³/mol. The van der Waals surface area contributed by atoms with Gasteiger partial charge in [0.1, 0.15) is 0 Å². The molecule has 0 unspecified atom stereocenters. The van der Waals surface area contributed by atoms with Crippen LogP contribution in [-0.2, 0) is 0 Å². The number of hydrogen-bond acceptors (Lipinski definition) is 1. The predicted octanol–water partition coefficient (Wildman–Crippen LogP) is 2.30. The average Bonchev–Trinajstić information content (AvgIpc) is 1.94. The Morgan fingerprint density at radius 3 is 2.60 bits per heavy atom. The molecule has 1 heteroatoms. The minimum Gasteiger partial charge on any atom is -0.327 e. The largest absolute Gasteiger partial charge is 0.327 e. The Bertz CT molecular complexity index is 88.7. The maximum atomic E-state index is 5.97. The smallest absolute Gasteiger partial charge is 0.00671 e. The molecule has 0 aromatic carbocycles. The van der Waals surface area contributed by atoms with Crippen molar-refractivity contribution in [2.45, 2.75) is 51.5 Å². The van der Waals surface area contributed by atoms with Crippen molar-refractivity contribution in [2.75, 3.05) is 0 Å². The fraction of sp³-hybridized carbons (Fsp3) is 1.00. The van der Waals surface area contributed by atoms with Gasteiger partial charge in [0.15, 0.2) is 0 Å². The van der Waals surface area contributed by atoms with E-state index in [0.29, 0.717) is 6.04 Å². The van der Waals surface area contributed by atoms with Gasteiger partial charge in [-0.05, 0) is 25.2 Å². The van der Waals surface area contributed by atoms with Crippen LogP contribution in [0.15, 0.2) is 0 Å². The van der Waals surface area contributed by atoms with Crippen molar-refractivity contribution in [3.8, 4) is 0 Å². The van der Waals surface area contributed by atoms with Crippen LogP contribution in [0.2, 0.25) is 0 Å². The lowest BCUT2D eigenvalue weighted by Crippen LogP contribution is -2.32. The molecule has 0 aromatic heterocycles. The van der Waals surface area contributed by atoms with E-state index in [0.717, 1.165) is 5.92 Å². The van der Waals surface area contributed by atoms with Gasteiger partial charge in [0, 0.05) is 6.04 Å². The van der Waals surface area contributed by atoms with E-state index < -0.39 is 0 Å². The Morgan fingerprint density at radius 2 is 2.00 bits per heavy atom. The van der Waals surface area contributed by atoms with Crippen LogP contribution in [-0.4, -0.2) is 6.04 Å². The molecule has 2 N–H and O–H groups in total. The zero-order chi connectivity index (χ0) is 7.40. The molecule has 0 bridgehead atoms. The molecule has 1 nitrogen and oxygen atoms in total. The van der Waals surface area contributed by atoms with E-state index in [4.69, 9.17) is 5.73 Å². The lowest BCUT2D eigenvalue weighted by Gasteiger charge is -2.27. The average molecular weight is 141 g/mol. The summed E-state index contributed by atoms with van der Waals surface area (Å²) in [5.41, 5.74) is 5.97. The van der Waals surface area contributed by atoms with Crippen molar-refractivity contribution in [1.29, 1.82) is 0 Å². The maximum Gasteiger partial charge on any atom is 0.00671 e. The van der Waals surface area contributed by atoms with Crippen molar-refractivity contribution >= 4 is 0 Å². The topological polar surface area (TPSA) is 26.0 Å². The van der Waals surface area contributed by atoms with Gasteiger partial charge < -0.3 is 5.73 Å². The van der Waals surface area contributed by atoms with Crippen LogP contribution in [0.1, 0.15) is 45.4 Å². The van der Waals surface area contributed by atoms with Crippen LogP contribution in [0.4, 0.5) is 0 Å². The van der Waals surface area contributed by atoms with E-state index in [1.54, 1.807) is 0 Å². The van der Waals surface area contributed by atoms with Gasteiger partial charge in [-0.1, -0.05) is 26.2 Å². The number of nitrogens with two attached hydrogens (primary N) is 1. The molecular weight excluding hydrogens is 122 g/mol. The van der Waals surface area contributed by atoms with Crippen LogP contribution >= 0.6 is 0 Å². The molecule has 0 spiro atoms. The quantitative estimate of drug-likeness (QED) is 0.627. The summed E-state index contributed by atoms with van der Waals surface area (Å²) in [4.78, 5) is 0. The van der Waals surface area contributed by atoms with Gasteiger partial charge in [-0.2, -0.15) is 0 Å². The van der Waals surface area contributed by atoms with E-state index in [-0.39, 0.29) is 0 Å². The summed E-state index contributed by atoms with van der Waals surface area (Å²) in [5, 5.41) is 0. The summed E-state index contributed by atoms with van der Waals surface area (Å²) >= 11 is 0. The molecule has 0 aliphatic heterocycles. The summed E-state index contributed by atoms with van der Waals surface area (Å²) in [6.07, 6.45) is 8.08. The van der Waals surface area contributed by atoms with Crippen molar-refractivity contribution in [2.24, 2.45) is 11.7 Å². The molecule has 1 aliphatic carbocycles. The molecule has 0 radical (unpaired) electrons. The molecule has 0 saturated heterocycles. The lowest BCUT2D eigenvalue weighted by atomic mass is 9.82. The minimum absolute atomic E-state index is 0.522. The molecule has 1 aliphatic rings. The molecule has 10 heavy (non-hydrogen) atoms. The molecule has 60 valence electrons. The van der Waals surface area contributed by atoms with Gasteiger partial charge in [-0.15, -0.1) is 0 Å². The first-order chi connectivity index (χ1) is 4.84. The van der Waals surface area contributed by atoms with E-state index in [1.165, 1.54) is 38.5 Å². The van der Waals surface area contributed by atoms with Gasteiger partial charge >= 0.3 is 0 Å². The van der Waals surface area contributed by atoms with Crippen LogP contribution in [0, 0.1) is 5.92 Å². The summed E-state index contributed by atoms with van der Waals surface area (Å²) in [6.45, 7) is 2.25. The first kappa shape index (κ1) is 8.06. The van der Waals surface area contributed by atoms with E-state index >= 15 is 0 Å². The highest BCUT2D eigenvalue weighted by molar-refractivity contribution is 4.77. The number of rotatable bonds is 2. The van der Waals surface area contributed by atoms with Crippen molar-refractivity contribution in [3.63, 3.8) is 0 Å².